The summed E-state index contributed by atoms with van der Waals surface area (Å²) in [6, 6.07) is 7.64. The molecular weight excluding hydrogens is 510 g/mol. The van der Waals surface area contributed by atoms with Crippen molar-refractivity contribution in [2.24, 2.45) is 0 Å². The standard InChI is InChI=1S/C27H34ClN5O3S/c1-17-13-22(24(26(34)31-17)27(37)32-21-9-6-8-20(28)25(21)35-3)30-14-18-10-11-29-15-23(18)36-16-19-7-4-5-12-33(19)2/h6,8-11,15,17,19,30H,4-5,7,12-14,16H2,1-3H3,(H,31,34)(H,32,37)/t17-,19?/m1/s1. The van der Waals surface area contributed by atoms with E-state index in [0.29, 0.717) is 52.6 Å². The number of likely N-dealkylation sites (N-methyl/N-ethyl adjacent to an activating group) is 1. The van der Waals surface area contributed by atoms with Crippen LogP contribution in [0.15, 0.2) is 47.9 Å². The maximum Gasteiger partial charge on any atom is 0.256 e. The Morgan fingerprint density at radius 2 is 2.16 bits per heavy atom. The van der Waals surface area contributed by atoms with Crippen molar-refractivity contribution in [3.63, 3.8) is 0 Å². The second kappa shape index (κ2) is 12.6. The molecule has 1 saturated heterocycles. The van der Waals surface area contributed by atoms with Crippen LogP contribution in [0.5, 0.6) is 11.5 Å². The number of methoxy groups -OCH3 is 1. The van der Waals surface area contributed by atoms with Gasteiger partial charge in [0.2, 0.25) is 0 Å². The summed E-state index contributed by atoms with van der Waals surface area (Å²) in [6.45, 7) is 4.16. The van der Waals surface area contributed by atoms with E-state index >= 15 is 0 Å². The number of nitrogens with zero attached hydrogens (tertiary/aromatic N) is 2. The largest absolute Gasteiger partial charge is 0.493 e. The van der Waals surface area contributed by atoms with Gasteiger partial charge in [0.15, 0.2) is 5.75 Å². The number of hydrogen-bond donors (Lipinski definition) is 3. The van der Waals surface area contributed by atoms with E-state index in [9.17, 15) is 4.79 Å². The Bertz CT molecular complexity index is 1170. The van der Waals surface area contributed by atoms with E-state index in [-0.39, 0.29) is 11.9 Å². The summed E-state index contributed by atoms with van der Waals surface area (Å²) >= 11 is 11.9. The zero-order chi connectivity index (χ0) is 26.4. The lowest BCUT2D eigenvalue weighted by Crippen LogP contribution is -2.44. The molecule has 8 nitrogen and oxygen atoms in total. The van der Waals surface area contributed by atoms with Crippen LogP contribution >= 0.6 is 23.8 Å². The van der Waals surface area contributed by atoms with Crippen molar-refractivity contribution < 1.29 is 14.3 Å². The van der Waals surface area contributed by atoms with Gasteiger partial charge in [-0.3, -0.25) is 9.78 Å². The number of rotatable bonds is 9. The summed E-state index contributed by atoms with van der Waals surface area (Å²) < 4.78 is 11.6. The number of aromatic nitrogens is 1. The van der Waals surface area contributed by atoms with Crippen LogP contribution in [-0.4, -0.2) is 60.2 Å². The lowest BCUT2D eigenvalue weighted by molar-refractivity contribution is -0.118. The first kappa shape index (κ1) is 27.2. The number of amides is 1. The average molecular weight is 544 g/mol. The number of thiocarbonyl (C=S) groups is 1. The Balaban J connectivity index is 1.51. The lowest BCUT2D eigenvalue weighted by Gasteiger charge is -2.32. The fourth-order valence-corrected chi connectivity index (χ4v) is 5.30. The molecule has 1 unspecified atom stereocenters. The van der Waals surface area contributed by atoms with Crippen LogP contribution in [0.2, 0.25) is 5.02 Å². The molecule has 3 heterocycles. The molecule has 2 aliphatic rings. The summed E-state index contributed by atoms with van der Waals surface area (Å²) in [5.74, 6) is 0.980. The first-order valence-corrected chi connectivity index (χ1v) is 13.3. The van der Waals surface area contributed by atoms with Crippen molar-refractivity contribution >= 4 is 40.4 Å². The lowest BCUT2D eigenvalue weighted by atomic mass is 10.0. The molecule has 1 fully saturated rings. The predicted octanol–water partition coefficient (Wildman–Crippen LogP) is 4.30. The van der Waals surface area contributed by atoms with Crippen molar-refractivity contribution in [2.75, 3.05) is 32.6 Å². The third-order valence-corrected chi connectivity index (χ3v) is 7.38. The van der Waals surface area contributed by atoms with Crippen LogP contribution in [0, 0.1) is 0 Å². The summed E-state index contributed by atoms with van der Waals surface area (Å²) in [5, 5.41) is 10.0. The van der Waals surface area contributed by atoms with Crippen LogP contribution < -0.4 is 25.4 Å². The fraction of sp³-hybridized carbons (Fsp3) is 0.444. The monoisotopic (exact) mass is 543 g/mol. The van der Waals surface area contributed by atoms with Crippen molar-refractivity contribution in [2.45, 2.75) is 51.2 Å². The van der Waals surface area contributed by atoms with E-state index in [1.165, 1.54) is 20.0 Å². The Morgan fingerprint density at radius 1 is 1.32 bits per heavy atom. The molecule has 4 rings (SSSR count). The molecule has 1 aromatic heterocycles. The van der Waals surface area contributed by atoms with Gasteiger partial charge >= 0.3 is 0 Å². The highest BCUT2D eigenvalue weighted by atomic mass is 35.5. The molecular formula is C27H34ClN5O3S. The van der Waals surface area contributed by atoms with Gasteiger partial charge in [-0.05, 0) is 51.6 Å². The van der Waals surface area contributed by atoms with E-state index in [2.05, 4.69) is 32.9 Å². The smallest absolute Gasteiger partial charge is 0.256 e. The molecule has 1 aromatic carbocycles. The van der Waals surface area contributed by atoms with Gasteiger partial charge in [0, 0.05) is 42.5 Å². The van der Waals surface area contributed by atoms with Gasteiger partial charge in [-0.2, -0.15) is 0 Å². The Hall–Kier alpha value is -2.88. The predicted molar refractivity (Wildman–Crippen MR) is 150 cm³/mol. The molecule has 2 aliphatic heterocycles. The summed E-state index contributed by atoms with van der Waals surface area (Å²) in [4.78, 5) is 19.9. The molecule has 10 heteroatoms. The summed E-state index contributed by atoms with van der Waals surface area (Å²) in [7, 11) is 3.69. The van der Waals surface area contributed by atoms with E-state index in [1.807, 2.05) is 13.0 Å². The first-order valence-electron chi connectivity index (χ1n) is 12.5. The summed E-state index contributed by atoms with van der Waals surface area (Å²) in [6.07, 6.45) is 7.72. The molecule has 198 valence electrons. The number of piperidine rings is 1. The van der Waals surface area contributed by atoms with Gasteiger partial charge in [-0.25, -0.2) is 0 Å². The zero-order valence-electron chi connectivity index (χ0n) is 21.5. The van der Waals surface area contributed by atoms with E-state index in [4.69, 9.17) is 33.3 Å². The maximum absolute atomic E-state index is 13.0. The van der Waals surface area contributed by atoms with E-state index in [1.54, 1.807) is 30.6 Å². The topological polar surface area (TPSA) is 87.8 Å². The van der Waals surface area contributed by atoms with Gasteiger partial charge in [0.1, 0.15) is 17.3 Å². The van der Waals surface area contributed by atoms with Crippen LogP contribution in [0.3, 0.4) is 0 Å². The molecule has 0 aliphatic carbocycles. The van der Waals surface area contributed by atoms with Crippen molar-refractivity contribution in [3.05, 3.63) is 58.5 Å². The quantitative estimate of drug-likeness (QED) is 0.404. The van der Waals surface area contributed by atoms with Gasteiger partial charge in [-0.15, -0.1) is 0 Å². The van der Waals surface area contributed by atoms with Crippen LogP contribution in [0.25, 0.3) is 0 Å². The first-order chi connectivity index (χ1) is 17.9. The molecule has 3 N–H and O–H groups in total. The van der Waals surface area contributed by atoms with Crippen molar-refractivity contribution in [3.8, 4) is 11.5 Å². The van der Waals surface area contributed by atoms with Gasteiger partial charge in [-0.1, -0.05) is 36.3 Å². The molecule has 37 heavy (non-hydrogen) atoms. The average Bonchev–Trinajstić information content (AvgIpc) is 2.87. The van der Waals surface area contributed by atoms with Crippen LogP contribution in [-0.2, 0) is 11.3 Å². The minimum Gasteiger partial charge on any atom is -0.493 e. The highest BCUT2D eigenvalue weighted by Gasteiger charge is 2.28. The van der Waals surface area contributed by atoms with Gasteiger partial charge in [0.25, 0.3) is 5.91 Å². The number of carbonyl (C=O) groups is 1. The fourth-order valence-electron chi connectivity index (χ4n) is 4.72. The molecule has 2 atom stereocenters. The number of para-hydroxylation sites is 1. The zero-order valence-corrected chi connectivity index (χ0v) is 23.0. The SMILES string of the molecule is COc1c(Cl)cccc1NC(=S)C1=C(NCc2ccncc2OCC2CCCCN2C)C[C@@H](C)NC1=O. The van der Waals surface area contributed by atoms with Crippen molar-refractivity contribution in [1.29, 1.82) is 0 Å². The molecule has 0 saturated carbocycles. The normalized spacial score (nSPS) is 20.3. The number of pyridine rings is 1. The molecule has 0 spiro atoms. The summed E-state index contributed by atoms with van der Waals surface area (Å²) in [5.41, 5.74) is 2.73. The number of benzene rings is 1. The minimum atomic E-state index is -0.230. The Labute approximate surface area is 228 Å². The van der Waals surface area contributed by atoms with E-state index < -0.39 is 0 Å². The van der Waals surface area contributed by atoms with Gasteiger partial charge in [0.05, 0.1) is 29.6 Å². The Morgan fingerprint density at radius 3 is 2.95 bits per heavy atom. The second-order valence-electron chi connectivity index (χ2n) is 9.49. The number of likely N-dealkylation sites (tertiary alicyclic amines) is 1. The molecule has 1 amide bonds. The maximum atomic E-state index is 13.0. The molecule has 0 bridgehead atoms. The number of carbonyl (C=O) groups excluding carboxylic acids is 1. The highest BCUT2D eigenvalue weighted by molar-refractivity contribution is 7.81. The highest BCUT2D eigenvalue weighted by Crippen LogP contribution is 2.33. The number of anilines is 1. The molecule has 2 aromatic rings. The van der Waals surface area contributed by atoms with Gasteiger partial charge < -0.3 is 30.3 Å². The number of ether oxygens (including phenoxy) is 2. The van der Waals surface area contributed by atoms with Crippen LogP contribution in [0.1, 0.15) is 38.2 Å². The van der Waals surface area contributed by atoms with Crippen molar-refractivity contribution in [1.82, 2.24) is 20.5 Å². The van der Waals surface area contributed by atoms with Crippen LogP contribution in [0.4, 0.5) is 5.69 Å². The minimum absolute atomic E-state index is 0.0303. The van der Waals surface area contributed by atoms with E-state index in [0.717, 1.165) is 30.0 Å². The number of halogens is 1. The Kier molecular flexibility index (Phi) is 9.23. The third kappa shape index (κ3) is 6.71. The third-order valence-electron chi connectivity index (χ3n) is 6.78. The number of hydrogen-bond acceptors (Lipinski definition) is 7. The second-order valence-corrected chi connectivity index (χ2v) is 10.3. The number of nitrogens with one attached hydrogen (secondary N) is 3. The molecule has 0 radical (unpaired) electrons.